The van der Waals surface area contributed by atoms with Gasteiger partial charge in [0.25, 0.3) is 0 Å². The number of aliphatic imine (C=N–C) groups is 1. The zero-order chi connectivity index (χ0) is 10.2. The van der Waals surface area contributed by atoms with Gasteiger partial charge in [-0.25, -0.2) is 0 Å². The normalized spacial score (nSPS) is 10.1. The van der Waals surface area contributed by atoms with Gasteiger partial charge in [-0.05, 0) is 24.7 Å². The highest BCUT2D eigenvalue weighted by Crippen LogP contribution is 2.19. The average molecular weight is 224 g/mol. The number of para-hydroxylation sites is 1. The van der Waals surface area contributed by atoms with E-state index in [4.69, 9.17) is 11.6 Å². The van der Waals surface area contributed by atoms with Crippen molar-refractivity contribution in [1.82, 2.24) is 0 Å². The van der Waals surface area contributed by atoms with E-state index < -0.39 is 0 Å². The molecule has 14 heavy (non-hydrogen) atoms. The summed E-state index contributed by atoms with van der Waals surface area (Å²) in [4.78, 5) is 3.97. The number of halogens is 1. The van der Waals surface area contributed by atoms with Gasteiger partial charge in [0.2, 0.25) is 0 Å². The van der Waals surface area contributed by atoms with Gasteiger partial charge in [-0.2, -0.15) is 4.99 Å². The quantitative estimate of drug-likeness (QED) is 0.426. The summed E-state index contributed by atoms with van der Waals surface area (Å²) < 4.78 is 0. The van der Waals surface area contributed by atoms with E-state index in [9.17, 15) is 0 Å². The van der Waals surface area contributed by atoms with Crippen molar-refractivity contribution < 1.29 is 0 Å². The molecule has 0 atom stereocenters. The lowest BCUT2D eigenvalue weighted by Gasteiger charge is -1.97. The lowest BCUT2D eigenvalue weighted by atomic mass is 10.1. The predicted molar refractivity (Wildman–Crippen MR) is 65.5 cm³/mol. The fraction of sp³-hybridized carbons (Fsp3) is 0.182. The Bertz CT molecular complexity index is 367. The Morgan fingerprint density at radius 3 is 2.93 bits per heavy atom. The minimum Gasteiger partial charge on any atom is -0.194 e. The molecule has 0 saturated carbocycles. The van der Waals surface area contributed by atoms with Crippen molar-refractivity contribution in [2.24, 2.45) is 4.99 Å². The summed E-state index contributed by atoms with van der Waals surface area (Å²) in [6.07, 6.45) is 4.87. The van der Waals surface area contributed by atoms with Crippen molar-refractivity contribution in [3.05, 3.63) is 35.9 Å². The highest BCUT2D eigenvalue weighted by molar-refractivity contribution is 7.78. The van der Waals surface area contributed by atoms with Crippen LogP contribution < -0.4 is 0 Å². The molecule has 0 unspecified atom stereocenters. The summed E-state index contributed by atoms with van der Waals surface area (Å²) in [5, 5.41) is 2.36. The summed E-state index contributed by atoms with van der Waals surface area (Å²) in [5.41, 5.74) is 1.88. The van der Waals surface area contributed by atoms with E-state index in [0.717, 1.165) is 17.7 Å². The molecule has 0 bridgehead atoms. The molecule has 0 heterocycles. The lowest BCUT2D eigenvalue weighted by molar-refractivity contribution is 1.24. The summed E-state index contributed by atoms with van der Waals surface area (Å²) in [5.74, 6) is 0.634. The van der Waals surface area contributed by atoms with E-state index in [0.29, 0.717) is 5.88 Å². The summed E-state index contributed by atoms with van der Waals surface area (Å²) in [7, 11) is 0. The Kier molecular flexibility index (Phi) is 5.16. The Labute approximate surface area is 94.1 Å². The van der Waals surface area contributed by atoms with Crippen molar-refractivity contribution in [2.75, 3.05) is 5.88 Å². The maximum atomic E-state index is 5.57. The van der Waals surface area contributed by atoms with Gasteiger partial charge in [-0.1, -0.05) is 30.4 Å². The van der Waals surface area contributed by atoms with Gasteiger partial charge in [0.15, 0.2) is 0 Å². The highest BCUT2D eigenvalue weighted by Gasteiger charge is 1.93. The Hall–Kier alpha value is -0.950. The van der Waals surface area contributed by atoms with E-state index in [1.807, 2.05) is 36.4 Å². The van der Waals surface area contributed by atoms with Crippen LogP contribution in [0.15, 0.2) is 35.3 Å². The van der Waals surface area contributed by atoms with Gasteiger partial charge in [0.05, 0.1) is 10.8 Å². The first-order valence-electron chi connectivity index (χ1n) is 4.28. The van der Waals surface area contributed by atoms with E-state index in [-0.39, 0.29) is 0 Å². The summed E-state index contributed by atoms with van der Waals surface area (Å²) in [6.45, 7) is 0. The third kappa shape index (κ3) is 3.43. The van der Waals surface area contributed by atoms with Crippen LogP contribution in [-0.4, -0.2) is 11.0 Å². The smallest absolute Gasteiger partial charge is 0.0811 e. The number of rotatable bonds is 4. The Morgan fingerprint density at radius 2 is 2.21 bits per heavy atom. The third-order valence-corrected chi connectivity index (χ3v) is 1.99. The molecule has 0 aliphatic carbocycles. The molecule has 0 spiro atoms. The average Bonchev–Trinajstić information content (AvgIpc) is 2.21. The summed E-state index contributed by atoms with van der Waals surface area (Å²) >= 11 is 10.1. The van der Waals surface area contributed by atoms with Gasteiger partial charge < -0.3 is 0 Å². The van der Waals surface area contributed by atoms with Crippen LogP contribution in [0.25, 0.3) is 6.08 Å². The van der Waals surface area contributed by atoms with Crippen molar-refractivity contribution in [1.29, 1.82) is 0 Å². The van der Waals surface area contributed by atoms with Gasteiger partial charge in [-0.3, -0.25) is 0 Å². The van der Waals surface area contributed by atoms with Crippen LogP contribution in [0.2, 0.25) is 0 Å². The number of benzene rings is 1. The molecule has 0 radical (unpaired) electrons. The second-order valence-corrected chi connectivity index (χ2v) is 3.20. The van der Waals surface area contributed by atoms with Crippen LogP contribution in [0.5, 0.6) is 0 Å². The number of isothiocyanates is 1. The van der Waals surface area contributed by atoms with Crippen LogP contribution >= 0.6 is 23.8 Å². The Morgan fingerprint density at radius 1 is 1.43 bits per heavy atom. The molecule has 0 fully saturated rings. The minimum absolute atomic E-state index is 0.634. The van der Waals surface area contributed by atoms with Crippen LogP contribution in [0, 0.1) is 0 Å². The number of hydrogen-bond acceptors (Lipinski definition) is 2. The van der Waals surface area contributed by atoms with Gasteiger partial charge >= 0.3 is 0 Å². The highest BCUT2D eigenvalue weighted by atomic mass is 35.5. The second-order valence-electron chi connectivity index (χ2n) is 2.64. The molecule has 3 heteroatoms. The van der Waals surface area contributed by atoms with E-state index >= 15 is 0 Å². The van der Waals surface area contributed by atoms with Crippen LogP contribution in [0.3, 0.4) is 0 Å². The van der Waals surface area contributed by atoms with Gasteiger partial charge in [0.1, 0.15) is 0 Å². The molecular weight excluding hydrogens is 214 g/mol. The predicted octanol–water partition coefficient (Wildman–Crippen LogP) is 4.06. The third-order valence-electron chi connectivity index (χ3n) is 1.68. The van der Waals surface area contributed by atoms with Crippen LogP contribution in [0.1, 0.15) is 12.0 Å². The molecule has 0 amide bonds. The standard InChI is InChI=1S/C11H10ClNS/c12-8-4-3-6-10-5-1-2-7-11(10)13-9-14/h1-3,5-7H,4,8H2. The first kappa shape index (κ1) is 11.1. The Balaban J connectivity index is 2.89. The molecule has 0 aliphatic heterocycles. The SMILES string of the molecule is S=C=Nc1ccccc1C=CCCCl. The number of thiocarbonyl (C=S) groups is 1. The van der Waals surface area contributed by atoms with Crippen LogP contribution in [0.4, 0.5) is 5.69 Å². The fourth-order valence-corrected chi connectivity index (χ4v) is 1.28. The molecule has 1 aromatic carbocycles. The first-order chi connectivity index (χ1) is 6.88. The number of allylic oxidation sites excluding steroid dienone is 1. The van der Waals surface area contributed by atoms with E-state index in [2.05, 4.69) is 22.4 Å². The minimum atomic E-state index is 0.634. The fourth-order valence-electron chi connectivity index (χ4n) is 1.05. The van der Waals surface area contributed by atoms with Crippen LogP contribution in [-0.2, 0) is 0 Å². The maximum absolute atomic E-state index is 5.57. The molecule has 1 rings (SSSR count). The number of hydrogen-bond donors (Lipinski definition) is 0. The molecule has 72 valence electrons. The van der Waals surface area contributed by atoms with Gasteiger partial charge in [-0.15, -0.1) is 11.6 Å². The number of alkyl halides is 1. The zero-order valence-electron chi connectivity index (χ0n) is 7.61. The van der Waals surface area contributed by atoms with Crippen molar-refractivity contribution >= 4 is 40.7 Å². The molecule has 0 saturated heterocycles. The van der Waals surface area contributed by atoms with Crippen molar-refractivity contribution in [3.8, 4) is 0 Å². The van der Waals surface area contributed by atoms with Crippen molar-refractivity contribution in [3.63, 3.8) is 0 Å². The lowest BCUT2D eigenvalue weighted by Crippen LogP contribution is -1.74. The molecule has 0 aliphatic rings. The molecule has 0 N–H and O–H groups in total. The molecule has 0 aromatic heterocycles. The largest absolute Gasteiger partial charge is 0.194 e. The first-order valence-corrected chi connectivity index (χ1v) is 5.22. The van der Waals surface area contributed by atoms with E-state index in [1.165, 1.54) is 0 Å². The van der Waals surface area contributed by atoms with Gasteiger partial charge in [0, 0.05) is 11.4 Å². The summed E-state index contributed by atoms with van der Waals surface area (Å²) in [6, 6.07) is 7.77. The van der Waals surface area contributed by atoms with E-state index in [1.54, 1.807) is 0 Å². The van der Waals surface area contributed by atoms with Crippen molar-refractivity contribution in [2.45, 2.75) is 6.42 Å². The topological polar surface area (TPSA) is 12.4 Å². The number of nitrogens with zero attached hydrogens (tertiary/aromatic N) is 1. The monoisotopic (exact) mass is 223 g/mol. The molecule has 1 aromatic rings. The maximum Gasteiger partial charge on any atom is 0.0811 e. The molecule has 1 nitrogen and oxygen atoms in total. The zero-order valence-corrected chi connectivity index (χ0v) is 9.18. The second kappa shape index (κ2) is 6.50. The molecular formula is C11H10ClNS.